The van der Waals surface area contributed by atoms with Crippen molar-refractivity contribution in [2.75, 3.05) is 0 Å². The van der Waals surface area contributed by atoms with Crippen LogP contribution in [0.4, 0.5) is 26.3 Å². The van der Waals surface area contributed by atoms with Crippen LogP contribution < -0.4 is 0 Å². The fraction of sp³-hybridized carbons (Fsp3) is 0.0968. The van der Waals surface area contributed by atoms with Gasteiger partial charge in [-0.2, -0.15) is 0 Å². The third-order valence-corrected chi connectivity index (χ3v) is 7.70. The van der Waals surface area contributed by atoms with E-state index < -0.39 is 63.8 Å². The third-order valence-electron chi connectivity index (χ3n) is 7.70. The van der Waals surface area contributed by atoms with Gasteiger partial charge in [-0.1, -0.05) is 54.6 Å². The van der Waals surface area contributed by atoms with Crippen molar-refractivity contribution in [1.29, 1.82) is 0 Å². The van der Waals surface area contributed by atoms with Crippen molar-refractivity contribution in [3.63, 3.8) is 0 Å². The zero-order chi connectivity index (χ0) is 25.6. The molecule has 6 aromatic carbocycles. The highest BCUT2D eigenvalue weighted by atomic mass is 19.2. The first-order valence-electron chi connectivity index (χ1n) is 11.8. The molecule has 0 bridgehead atoms. The van der Waals surface area contributed by atoms with Crippen LogP contribution in [0, 0.1) is 34.9 Å². The molecule has 37 heavy (non-hydrogen) atoms. The quantitative estimate of drug-likeness (QED) is 0.167. The summed E-state index contributed by atoms with van der Waals surface area (Å²) in [5, 5.41) is 5.75. The summed E-state index contributed by atoms with van der Waals surface area (Å²) in [4.78, 5) is 0. The molecule has 0 aromatic heterocycles. The van der Waals surface area contributed by atoms with Crippen molar-refractivity contribution < 1.29 is 26.3 Å². The van der Waals surface area contributed by atoms with Crippen LogP contribution in [-0.2, 0) is 0 Å². The standard InChI is InChI=1S/C31H16F6/c32-17-10-21(34)28(22(35)11-17)30-27(31(30)29-23(36)12-18(33)13-24(29)37)20-9-7-16-5-4-14-2-1-3-15-6-8-19(20)26(16)25(14)15/h1-13,27,30-31H. The Morgan fingerprint density at radius 3 is 1.38 bits per heavy atom. The zero-order valence-corrected chi connectivity index (χ0v) is 19.0. The van der Waals surface area contributed by atoms with Crippen molar-refractivity contribution in [2.45, 2.75) is 17.8 Å². The van der Waals surface area contributed by atoms with E-state index in [4.69, 9.17) is 0 Å². The molecule has 2 atom stereocenters. The van der Waals surface area contributed by atoms with Gasteiger partial charge in [0.1, 0.15) is 34.9 Å². The largest absolute Gasteiger partial charge is 0.207 e. The van der Waals surface area contributed by atoms with E-state index in [0.717, 1.165) is 32.3 Å². The summed E-state index contributed by atoms with van der Waals surface area (Å²) < 4.78 is 87.2. The minimum atomic E-state index is -1.13. The van der Waals surface area contributed by atoms with E-state index in [1.165, 1.54) is 0 Å². The predicted octanol–water partition coefficient (Wildman–Crippen LogP) is 9.08. The van der Waals surface area contributed by atoms with Crippen LogP contribution in [0.2, 0.25) is 0 Å². The molecule has 1 fully saturated rings. The second-order valence-electron chi connectivity index (χ2n) is 9.65. The normalized spacial score (nSPS) is 19.4. The molecule has 0 nitrogen and oxygen atoms in total. The van der Waals surface area contributed by atoms with E-state index in [9.17, 15) is 26.3 Å². The highest BCUT2D eigenvalue weighted by Crippen LogP contribution is 2.68. The lowest BCUT2D eigenvalue weighted by atomic mass is 9.89. The molecule has 1 aliphatic rings. The Balaban J connectivity index is 1.51. The maximum absolute atomic E-state index is 15.0. The molecule has 1 aliphatic carbocycles. The van der Waals surface area contributed by atoms with E-state index >= 15 is 0 Å². The van der Waals surface area contributed by atoms with Crippen LogP contribution in [0.3, 0.4) is 0 Å². The number of halogens is 6. The topological polar surface area (TPSA) is 0 Å². The minimum absolute atomic E-state index is 0.440. The molecule has 7 rings (SSSR count). The second kappa shape index (κ2) is 7.72. The Bertz CT molecular complexity index is 1750. The number of hydrogen-bond donors (Lipinski definition) is 0. The third kappa shape index (κ3) is 3.18. The summed E-state index contributed by atoms with van der Waals surface area (Å²) in [7, 11) is 0. The van der Waals surface area contributed by atoms with Crippen LogP contribution in [0.25, 0.3) is 32.3 Å². The fourth-order valence-corrected chi connectivity index (χ4v) is 6.21. The van der Waals surface area contributed by atoms with Crippen LogP contribution in [0.15, 0.2) is 78.9 Å². The molecule has 0 amide bonds. The predicted molar refractivity (Wildman–Crippen MR) is 131 cm³/mol. The van der Waals surface area contributed by atoms with Gasteiger partial charge in [0.25, 0.3) is 0 Å². The Labute approximate surface area is 207 Å². The monoisotopic (exact) mass is 502 g/mol. The maximum atomic E-state index is 15.0. The Morgan fingerprint density at radius 1 is 0.432 bits per heavy atom. The smallest absolute Gasteiger partial charge is 0.132 e. The summed E-state index contributed by atoms with van der Waals surface area (Å²) in [6.07, 6.45) is 0. The van der Waals surface area contributed by atoms with E-state index in [1.54, 1.807) is 6.07 Å². The van der Waals surface area contributed by atoms with Crippen LogP contribution in [-0.4, -0.2) is 0 Å². The zero-order valence-electron chi connectivity index (χ0n) is 19.0. The minimum Gasteiger partial charge on any atom is -0.207 e. The first-order valence-corrected chi connectivity index (χ1v) is 11.8. The highest BCUT2D eigenvalue weighted by Gasteiger charge is 2.57. The average molecular weight is 502 g/mol. The number of benzene rings is 6. The summed E-state index contributed by atoms with van der Waals surface area (Å²) >= 11 is 0. The molecule has 1 saturated carbocycles. The molecule has 0 aliphatic heterocycles. The summed E-state index contributed by atoms with van der Waals surface area (Å²) in [6, 6.07) is 19.7. The second-order valence-corrected chi connectivity index (χ2v) is 9.65. The van der Waals surface area contributed by atoms with E-state index in [2.05, 4.69) is 0 Å². The van der Waals surface area contributed by atoms with Crippen LogP contribution in [0.5, 0.6) is 0 Å². The van der Waals surface area contributed by atoms with Crippen molar-refractivity contribution in [3.05, 3.63) is 130 Å². The van der Waals surface area contributed by atoms with E-state index in [1.807, 2.05) is 48.5 Å². The number of hydrogen-bond acceptors (Lipinski definition) is 0. The molecule has 0 N–H and O–H groups in total. The van der Waals surface area contributed by atoms with Crippen LogP contribution >= 0.6 is 0 Å². The first kappa shape index (κ1) is 22.2. The van der Waals surface area contributed by atoms with E-state index in [-0.39, 0.29) is 0 Å². The average Bonchev–Trinajstić information content (AvgIpc) is 3.54. The molecule has 182 valence electrons. The molecule has 6 heteroatoms. The van der Waals surface area contributed by atoms with E-state index in [0.29, 0.717) is 29.8 Å². The Hall–Kier alpha value is -4.06. The Morgan fingerprint density at radius 2 is 0.865 bits per heavy atom. The van der Waals surface area contributed by atoms with Gasteiger partial charge in [-0.05, 0) is 43.8 Å². The molecule has 0 spiro atoms. The lowest BCUT2D eigenvalue weighted by Crippen LogP contribution is -2.00. The van der Waals surface area contributed by atoms with Gasteiger partial charge in [0, 0.05) is 47.2 Å². The summed E-state index contributed by atoms with van der Waals surface area (Å²) in [6.45, 7) is 0. The van der Waals surface area contributed by atoms with Gasteiger partial charge in [0.15, 0.2) is 0 Å². The number of rotatable bonds is 3. The fourth-order valence-electron chi connectivity index (χ4n) is 6.21. The lowest BCUT2D eigenvalue weighted by Gasteiger charge is -2.14. The van der Waals surface area contributed by atoms with Gasteiger partial charge in [0.05, 0.1) is 0 Å². The Kier molecular flexibility index (Phi) is 4.62. The summed E-state index contributed by atoms with van der Waals surface area (Å²) in [5.74, 6) is -9.46. The molecule has 2 unspecified atom stereocenters. The molecule has 0 heterocycles. The van der Waals surface area contributed by atoms with Gasteiger partial charge in [-0.3, -0.25) is 0 Å². The molecule has 6 aromatic rings. The SMILES string of the molecule is Fc1cc(F)c(C2C(c3c(F)cc(F)cc3F)C2c2ccc3ccc4cccc5ccc2c3c45)c(F)c1. The van der Waals surface area contributed by atoms with Gasteiger partial charge >= 0.3 is 0 Å². The first-order chi connectivity index (χ1) is 17.8. The van der Waals surface area contributed by atoms with Gasteiger partial charge in [-0.15, -0.1) is 0 Å². The molecular formula is C31H16F6. The maximum Gasteiger partial charge on any atom is 0.132 e. The molecular weight excluding hydrogens is 486 g/mol. The van der Waals surface area contributed by atoms with Crippen molar-refractivity contribution in [1.82, 2.24) is 0 Å². The summed E-state index contributed by atoms with van der Waals surface area (Å²) in [5.41, 5.74) is -0.220. The van der Waals surface area contributed by atoms with Gasteiger partial charge < -0.3 is 0 Å². The van der Waals surface area contributed by atoms with Gasteiger partial charge in [0.2, 0.25) is 0 Å². The van der Waals surface area contributed by atoms with Crippen molar-refractivity contribution in [3.8, 4) is 0 Å². The molecule has 0 saturated heterocycles. The highest BCUT2D eigenvalue weighted by molar-refractivity contribution is 6.23. The molecule has 0 radical (unpaired) electrons. The van der Waals surface area contributed by atoms with Crippen molar-refractivity contribution in [2.24, 2.45) is 0 Å². The van der Waals surface area contributed by atoms with Crippen molar-refractivity contribution >= 4 is 32.3 Å². The lowest BCUT2D eigenvalue weighted by molar-refractivity contribution is 0.513. The van der Waals surface area contributed by atoms with Crippen LogP contribution in [0.1, 0.15) is 34.4 Å². The van der Waals surface area contributed by atoms with Gasteiger partial charge in [-0.25, -0.2) is 26.3 Å².